The molecule has 0 aliphatic rings. The van der Waals surface area contributed by atoms with E-state index < -0.39 is 16.7 Å². The average molecular weight is 393 g/mol. The highest BCUT2D eigenvalue weighted by atomic mass is 32.2. The number of phenols is 1. The minimum absolute atomic E-state index is 0.00846. The van der Waals surface area contributed by atoms with Crippen molar-refractivity contribution in [1.82, 2.24) is 5.16 Å². The number of benzene rings is 2. The Hall–Kier alpha value is -3.70. The van der Waals surface area contributed by atoms with E-state index in [0.717, 1.165) is 6.08 Å². The van der Waals surface area contributed by atoms with Crippen molar-refractivity contribution in [2.45, 2.75) is 16.7 Å². The fourth-order valence-electron chi connectivity index (χ4n) is 2.66. The normalized spacial score (nSPS) is 11.4. The summed E-state index contributed by atoms with van der Waals surface area (Å²) in [7, 11) is -1.78. The minimum Gasteiger partial charge on any atom is -0.505 e. The molecular weight excluding hydrogens is 378 g/mol. The Kier molecular flexibility index (Phi) is 5.38. The quantitative estimate of drug-likeness (QED) is 0.506. The number of carbonyl (C=O) groups excluding carboxylic acids is 1. The maximum atomic E-state index is 13.3. The topological polar surface area (TPSA) is 116 Å². The SMILES string of the molecule is C=CC(=O)Nc1cc(C#N)c(S(=O)c2ccccc2)c(-c2cnoc2C)c1O. The van der Waals surface area contributed by atoms with Gasteiger partial charge in [-0.1, -0.05) is 29.9 Å². The monoisotopic (exact) mass is 393 g/mol. The van der Waals surface area contributed by atoms with Crippen LogP contribution in [-0.4, -0.2) is 20.4 Å². The molecule has 3 aromatic rings. The van der Waals surface area contributed by atoms with E-state index in [2.05, 4.69) is 17.1 Å². The lowest BCUT2D eigenvalue weighted by Crippen LogP contribution is -2.10. The zero-order chi connectivity index (χ0) is 20.3. The molecule has 0 saturated heterocycles. The number of nitriles is 1. The van der Waals surface area contributed by atoms with Crippen LogP contribution in [0.2, 0.25) is 0 Å². The molecule has 0 spiro atoms. The molecule has 0 radical (unpaired) electrons. The van der Waals surface area contributed by atoms with Gasteiger partial charge >= 0.3 is 0 Å². The van der Waals surface area contributed by atoms with E-state index >= 15 is 0 Å². The van der Waals surface area contributed by atoms with Crippen LogP contribution in [0.4, 0.5) is 5.69 Å². The van der Waals surface area contributed by atoms with Gasteiger partial charge in [0.05, 0.1) is 33.1 Å². The molecule has 0 aliphatic heterocycles. The smallest absolute Gasteiger partial charge is 0.247 e. The molecule has 8 heteroatoms. The zero-order valence-corrected chi connectivity index (χ0v) is 15.6. The summed E-state index contributed by atoms with van der Waals surface area (Å²) in [5.41, 5.74) is 0.503. The van der Waals surface area contributed by atoms with Gasteiger partial charge in [0, 0.05) is 16.0 Å². The number of nitrogens with zero attached hydrogens (tertiary/aromatic N) is 2. The lowest BCUT2D eigenvalue weighted by atomic mass is 10.0. The van der Waals surface area contributed by atoms with Gasteiger partial charge in [-0.2, -0.15) is 5.26 Å². The summed E-state index contributed by atoms with van der Waals surface area (Å²) >= 11 is 0. The second-order valence-corrected chi connectivity index (χ2v) is 7.12. The largest absolute Gasteiger partial charge is 0.505 e. The highest BCUT2D eigenvalue weighted by molar-refractivity contribution is 7.85. The second-order valence-electron chi connectivity index (χ2n) is 5.71. The van der Waals surface area contributed by atoms with Crippen molar-refractivity contribution in [2.75, 3.05) is 5.32 Å². The predicted octanol–water partition coefficient (Wildman–Crippen LogP) is 3.52. The number of nitrogens with one attached hydrogen (secondary N) is 1. The molecule has 0 fully saturated rings. The van der Waals surface area contributed by atoms with Crippen molar-refractivity contribution in [1.29, 1.82) is 5.26 Å². The van der Waals surface area contributed by atoms with Crippen molar-refractivity contribution in [2.24, 2.45) is 0 Å². The molecule has 0 bridgehead atoms. The molecule has 1 amide bonds. The van der Waals surface area contributed by atoms with E-state index in [1.54, 1.807) is 37.3 Å². The van der Waals surface area contributed by atoms with Crippen LogP contribution in [-0.2, 0) is 15.6 Å². The lowest BCUT2D eigenvalue weighted by Gasteiger charge is -2.16. The molecule has 3 rings (SSSR count). The van der Waals surface area contributed by atoms with Gasteiger partial charge in [0.1, 0.15) is 17.6 Å². The van der Waals surface area contributed by atoms with Crippen LogP contribution in [0.15, 0.2) is 69.6 Å². The molecule has 140 valence electrons. The molecule has 1 aromatic heterocycles. The summed E-state index contributed by atoms with van der Waals surface area (Å²) in [4.78, 5) is 12.3. The molecule has 1 atom stereocenters. The number of hydrogen-bond donors (Lipinski definition) is 2. The van der Waals surface area contributed by atoms with Crippen LogP contribution in [0.1, 0.15) is 11.3 Å². The number of carbonyl (C=O) groups is 1. The van der Waals surface area contributed by atoms with Crippen LogP contribution in [0.5, 0.6) is 5.75 Å². The Morgan fingerprint density at radius 3 is 2.68 bits per heavy atom. The fraction of sp³-hybridized carbons (Fsp3) is 0.0500. The first-order chi connectivity index (χ1) is 13.5. The summed E-state index contributed by atoms with van der Waals surface area (Å²) in [6.45, 7) is 4.99. The summed E-state index contributed by atoms with van der Waals surface area (Å²) in [5, 5.41) is 26.7. The fourth-order valence-corrected chi connectivity index (χ4v) is 4.00. The second kappa shape index (κ2) is 7.90. The van der Waals surface area contributed by atoms with E-state index in [1.807, 2.05) is 6.07 Å². The molecule has 1 heterocycles. The summed E-state index contributed by atoms with van der Waals surface area (Å²) in [5.74, 6) is -0.554. The molecule has 2 N–H and O–H groups in total. The standard InChI is InChI=1S/C20H15N3O4S/c1-3-17(24)23-16-9-13(10-21)20(28(26)14-7-5-4-6-8-14)18(19(16)25)15-11-22-27-12(15)2/h3-9,11,25H,1H2,2H3,(H,23,24). The third-order valence-electron chi connectivity index (χ3n) is 3.98. The lowest BCUT2D eigenvalue weighted by molar-refractivity contribution is -0.111. The van der Waals surface area contributed by atoms with E-state index in [1.165, 1.54) is 12.3 Å². The summed E-state index contributed by atoms with van der Waals surface area (Å²) in [6, 6.07) is 11.8. The van der Waals surface area contributed by atoms with Crippen LogP contribution < -0.4 is 5.32 Å². The third kappa shape index (κ3) is 3.43. The number of rotatable bonds is 5. The molecule has 2 aromatic carbocycles. The van der Waals surface area contributed by atoms with Gasteiger partial charge in [-0.25, -0.2) is 4.21 Å². The molecule has 0 aliphatic carbocycles. The van der Waals surface area contributed by atoms with Gasteiger partial charge in [0.25, 0.3) is 0 Å². The van der Waals surface area contributed by atoms with Gasteiger partial charge < -0.3 is 14.9 Å². The van der Waals surface area contributed by atoms with E-state index in [-0.39, 0.29) is 27.5 Å². The average Bonchev–Trinajstić information content (AvgIpc) is 3.14. The summed E-state index contributed by atoms with van der Waals surface area (Å²) < 4.78 is 18.4. The Labute approximate surface area is 163 Å². The van der Waals surface area contributed by atoms with Crippen LogP contribution >= 0.6 is 0 Å². The van der Waals surface area contributed by atoms with E-state index in [0.29, 0.717) is 16.2 Å². The van der Waals surface area contributed by atoms with Gasteiger partial charge in [0.15, 0.2) is 0 Å². The molecular formula is C20H15N3O4S. The highest BCUT2D eigenvalue weighted by Gasteiger charge is 2.27. The number of aromatic nitrogens is 1. The third-order valence-corrected chi connectivity index (χ3v) is 5.47. The minimum atomic E-state index is -1.78. The Bertz CT molecular complexity index is 1130. The first kappa shape index (κ1) is 19.1. The molecule has 0 saturated carbocycles. The Morgan fingerprint density at radius 2 is 2.11 bits per heavy atom. The number of aryl methyl sites for hydroxylation is 1. The number of phenolic OH excluding ortho intramolecular Hbond substituents is 1. The Balaban J connectivity index is 2.34. The number of amides is 1. The van der Waals surface area contributed by atoms with Crippen molar-refractivity contribution in [3.8, 4) is 22.9 Å². The highest BCUT2D eigenvalue weighted by Crippen LogP contribution is 2.44. The van der Waals surface area contributed by atoms with Gasteiger partial charge in [-0.05, 0) is 31.2 Å². The van der Waals surface area contributed by atoms with Crippen LogP contribution in [0.25, 0.3) is 11.1 Å². The van der Waals surface area contributed by atoms with Gasteiger partial charge in [-0.15, -0.1) is 0 Å². The van der Waals surface area contributed by atoms with Crippen LogP contribution in [0.3, 0.4) is 0 Å². The van der Waals surface area contributed by atoms with Crippen molar-refractivity contribution >= 4 is 22.4 Å². The maximum absolute atomic E-state index is 13.3. The first-order valence-corrected chi connectivity index (χ1v) is 9.24. The van der Waals surface area contributed by atoms with Crippen molar-refractivity contribution in [3.63, 3.8) is 0 Å². The van der Waals surface area contributed by atoms with E-state index in [9.17, 15) is 19.4 Å². The first-order valence-electron chi connectivity index (χ1n) is 8.09. The zero-order valence-electron chi connectivity index (χ0n) is 14.8. The number of hydrogen-bond acceptors (Lipinski definition) is 6. The van der Waals surface area contributed by atoms with E-state index in [4.69, 9.17) is 4.52 Å². The Morgan fingerprint density at radius 1 is 1.39 bits per heavy atom. The van der Waals surface area contributed by atoms with Crippen molar-refractivity contribution in [3.05, 3.63) is 66.6 Å². The molecule has 28 heavy (non-hydrogen) atoms. The summed E-state index contributed by atoms with van der Waals surface area (Å²) in [6.07, 6.45) is 2.39. The maximum Gasteiger partial charge on any atom is 0.247 e. The molecule has 7 nitrogen and oxygen atoms in total. The molecule has 1 unspecified atom stereocenters. The van der Waals surface area contributed by atoms with Gasteiger partial charge in [-0.3, -0.25) is 4.79 Å². The van der Waals surface area contributed by atoms with Gasteiger partial charge in [0.2, 0.25) is 5.91 Å². The number of aromatic hydroxyl groups is 1. The predicted molar refractivity (Wildman–Crippen MR) is 103 cm³/mol. The van der Waals surface area contributed by atoms with Crippen molar-refractivity contribution < 1.29 is 18.6 Å². The van der Waals surface area contributed by atoms with Crippen LogP contribution in [0, 0.1) is 18.3 Å². The number of anilines is 1.